The highest BCUT2D eigenvalue weighted by Crippen LogP contribution is 2.16. The van der Waals surface area contributed by atoms with Gasteiger partial charge in [-0.1, -0.05) is 44.3 Å². The average molecular weight is 256 g/mol. The minimum atomic E-state index is -0.570. The molecule has 0 saturated carbocycles. The van der Waals surface area contributed by atoms with E-state index < -0.39 is 5.60 Å². The highest BCUT2D eigenvalue weighted by Gasteiger charge is 2.11. The van der Waals surface area contributed by atoms with E-state index in [1.807, 2.05) is 19.9 Å². The number of hydrogen-bond donors (Lipinski definition) is 2. The quantitative estimate of drug-likeness (QED) is 0.454. The van der Waals surface area contributed by atoms with Crippen molar-refractivity contribution in [1.82, 2.24) is 0 Å². The molecule has 0 heterocycles. The molecule has 0 aromatic rings. The summed E-state index contributed by atoms with van der Waals surface area (Å²) >= 11 is 0. The monoisotopic (exact) mass is 256 g/mol. The van der Waals surface area contributed by atoms with Crippen LogP contribution < -0.4 is 0 Å². The molecule has 0 rings (SSSR count). The third-order valence-corrected chi connectivity index (χ3v) is 3.19. The summed E-state index contributed by atoms with van der Waals surface area (Å²) in [7, 11) is 0. The fraction of sp³-hybridized carbons (Fsp3) is 0.875. The molecule has 0 amide bonds. The molecular formula is C16H32O2. The number of aliphatic hydroxyl groups is 2. The molecular weight excluding hydrogens is 224 g/mol. The number of aliphatic hydroxyl groups excluding tert-OH is 1. The fourth-order valence-electron chi connectivity index (χ4n) is 2.08. The molecule has 1 atom stereocenters. The van der Waals surface area contributed by atoms with Crippen molar-refractivity contribution in [1.29, 1.82) is 0 Å². The molecule has 0 aromatic heterocycles. The predicted octanol–water partition coefficient (Wildman–Crippen LogP) is 4.21. The zero-order valence-electron chi connectivity index (χ0n) is 12.7. The second kappa shape index (κ2) is 9.57. The van der Waals surface area contributed by atoms with E-state index in [2.05, 4.69) is 13.8 Å². The molecule has 0 radical (unpaired) electrons. The van der Waals surface area contributed by atoms with Gasteiger partial charge in [-0.15, -0.1) is 0 Å². The lowest BCUT2D eigenvalue weighted by Crippen LogP contribution is -2.17. The minimum Gasteiger partial charge on any atom is -0.390 e. The normalized spacial score (nSPS) is 14.9. The summed E-state index contributed by atoms with van der Waals surface area (Å²) in [5.74, 6) is 0. The van der Waals surface area contributed by atoms with E-state index >= 15 is 0 Å². The Kier molecular flexibility index (Phi) is 9.39. The van der Waals surface area contributed by atoms with Crippen LogP contribution in [-0.4, -0.2) is 21.9 Å². The summed E-state index contributed by atoms with van der Waals surface area (Å²) in [5.41, 5.74) is 0.668. The SMILES string of the molecule is CCCCCCC(O)/C=C(\C)CCCC(C)(C)O. The number of hydrogen-bond acceptors (Lipinski definition) is 2. The Labute approximate surface area is 113 Å². The van der Waals surface area contributed by atoms with Crippen LogP contribution in [0, 0.1) is 0 Å². The van der Waals surface area contributed by atoms with Crippen LogP contribution in [0.5, 0.6) is 0 Å². The summed E-state index contributed by atoms with van der Waals surface area (Å²) in [4.78, 5) is 0. The largest absolute Gasteiger partial charge is 0.390 e. The molecule has 2 heteroatoms. The molecule has 0 fully saturated rings. The first-order valence-electron chi connectivity index (χ1n) is 7.43. The molecule has 0 aliphatic rings. The Balaban J connectivity index is 3.73. The van der Waals surface area contributed by atoms with Crippen molar-refractivity contribution >= 4 is 0 Å². The predicted molar refractivity (Wildman–Crippen MR) is 78.7 cm³/mol. The van der Waals surface area contributed by atoms with E-state index in [1.165, 1.54) is 24.8 Å². The second-order valence-electron chi connectivity index (χ2n) is 6.10. The Morgan fingerprint density at radius 1 is 1.17 bits per heavy atom. The van der Waals surface area contributed by atoms with Crippen LogP contribution in [0.15, 0.2) is 11.6 Å². The smallest absolute Gasteiger partial charge is 0.0723 e. The van der Waals surface area contributed by atoms with E-state index in [4.69, 9.17) is 0 Å². The Morgan fingerprint density at radius 2 is 1.83 bits per heavy atom. The standard InChI is InChI=1S/C16H32O2/c1-5-6-7-8-11-15(17)13-14(2)10-9-12-16(3,4)18/h13,15,17-18H,5-12H2,1-4H3/b14-13+. The third kappa shape index (κ3) is 12.1. The zero-order valence-corrected chi connectivity index (χ0v) is 12.7. The molecule has 0 saturated heterocycles. The van der Waals surface area contributed by atoms with Crippen molar-refractivity contribution in [3.05, 3.63) is 11.6 Å². The van der Waals surface area contributed by atoms with Gasteiger partial charge in [0.15, 0.2) is 0 Å². The van der Waals surface area contributed by atoms with Crippen LogP contribution in [0.2, 0.25) is 0 Å². The summed E-state index contributed by atoms with van der Waals surface area (Å²) < 4.78 is 0. The first-order chi connectivity index (χ1) is 8.35. The maximum absolute atomic E-state index is 9.85. The third-order valence-electron chi connectivity index (χ3n) is 3.19. The lowest BCUT2D eigenvalue weighted by Gasteiger charge is -2.16. The van der Waals surface area contributed by atoms with E-state index in [-0.39, 0.29) is 6.10 Å². The van der Waals surface area contributed by atoms with Gasteiger partial charge >= 0.3 is 0 Å². The Morgan fingerprint density at radius 3 is 2.39 bits per heavy atom. The van der Waals surface area contributed by atoms with Gasteiger partial charge in [0, 0.05) is 0 Å². The van der Waals surface area contributed by atoms with Gasteiger partial charge in [-0.05, 0) is 46.5 Å². The van der Waals surface area contributed by atoms with E-state index in [9.17, 15) is 10.2 Å². The number of rotatable bonds is 10. The fourth-order valence-corrected chi connectivity index (χ4v) is 2.08. The average Bonchev–Trinajstić information content (AvgIpc) is 2.22. The number of unbranched alkanes of at least 4 members (excludes halogenated alkanes) is 3. The van der Waals surface area contributed by atoms with Crippen molar-refractivity contribution in [3.8, 4) is 0 Å². The topological polar surface area (TPSA) is 40.5 Å². The molecule has 1 unspecified atom stereocenters. The van der Waals surface area contributed by atoms with Gasteiger partial charge in [0.1, 0.15) is 0 Å². The van der Waals surface area contributed by atoms with Crippen molar-refractivity contribution in [2.24, 2.45) is 0 Å². The summed E-state index contributed by atoms with van der Waals surface area (Å²) in [5, 5.41) is 19.5. The van der Waals surface area contributed by atoms with Crippen LogP contribution in [0.4, 0.5) is 0 Å². The van der Waals surface area contributed by atoms with Gasteiger partial charge in [-0.3, -0.25) is 0 Å². The zero-order chi connectivity index (χ0) is 14.0. The van der Waals surface area contributed by atoms with Gasteiger partial charge in [0.25, 0.3) is 0 Å². The summed E-state index contributed by atoms with van der Waals surface area (Å²) in [6.07, 6.45) is 10.2. The van der Waals surface area contributed by atoms with Gasteiger partial charge < -0.3 is 10.2 Å². The lowest BCUT2D eigenvalue weighted by molar-refractivity contribution is 0.0689. The highest BCUT2D eigenvalue weighted by molar-refractivity contribution is 5.01. The number of allylic oxidation sites excluding steroid dienone is 1. The molecule has 2 N–H and O–H groups in total. The van der Waals surface area contributed by atoms with E-state index in [0.29, 0.717) is 0 Å². The van der Waals surface area contributed by atoms with Crippen molar-refractivity contribution in [3.63, 3.8) is 0 Å². The molecule has 0 spiro atoms. The Bertz CT molecular complexity index is 226. The van der Waals surface area contributed by atoms with Gasteiger partial charge in [-0.2, -0.15) is 0 Å². The van der Waals surface area contributed by atoms with Crippen LogP contribution in [0.1, 0.15) is 79.1 Å². The minimum absolute atomic E-state index is 0.288. The van der Waals surface area contributed by atoms with Crippen LogP contribution >= 0.6 is 0 Å². The van der Waals surface area contributed by atoms with E-state index in [0.717, 1.165) is 32.1 Å². The van der Waals surface area contributed by atoms with E-state index in [1.54, 1.807) is 0 Å². The van der Waals surface area contributed by atoms with Gasteiger partial charge in [-0.25, -0.2) is 0 Å². The van der Waals surface area contributed by atoms with Crippen LogP contribution in [-0.2, 0) is 0 Å². The molecule has 2 nitrogen and oxygen atoms in total. The lowest BCUT2D eigenvalue weighted by atomic mass is 9.98. The van der Waals surface area contributed by atoms with Crippen molar-refractivity contribution in [2.45, 2.75) is 90.8 Å². The second-order valence-corrected chi connectivity index (χ2v) is 6.10. The summed E-state index contributed by atoms with van der Waals surface area (Å²) in [6, 6.07) is 0. The molecule has 0 aliphatic carbocycles. The van der Waals surface area contributed by atoms with Crippen LogP contribution in [0.25, 0.3) is 0 Å². The maximum Gasteiger partial charge on any atom is 0.0723 e. The highest BCUT2D eigenvalue weighted by atomic mass is 16.3. The summed E-state index contributed by atoms with van der Waals surface area (Å²) in [6.45, 7) is 7.95. The Hall–Kier alpha value is -0.340. The van der Waals surface area contributed by atoms with Crippen molar-refractivity contribution in [2.75, 3.05) is 0 Å². The maximum atomic E-state index is 9.85. The van der Waals surface area contributed by atoms with Crippen molar-refractivity contribution < 1.29 is 10.2 Å². The molecule has 0 aromatic carbocycles. The van der Waals surface area contributed by atoms with Gasteiger partial charge in [0.2, 0.25) is 0 Å². The molecule has 0 bridgehead atoms. The molecule has 0 aliphatic heterocycles. The first kappa shape index (κ1) is 17.7. The first-order valence-corrected chi connectivity index (χ1v) is 7.43. The molecule has 18 heavy (non-hydrogen) atoms. The van der Waals surface area contributed by atoms with Crippen LogP contribution in [0.3, 0.4) is 0 Å². The molecule has 108 valence electrons. The van der Waals surface area contributed by atoms with Gasteiger partial charge in [0.05, 0.1) is 11.7 Å².